The Kier molecular flexibility index (Phi) is 4.02. The van der Waals surface area contributed by atoms with E-state index in [2.05, 4.69) is 0 Å². The molecule has 1 rings (SSSR count). The predicted molar refractivity (Wildman–Crippen MR) is 57.4 cm³/mol. The van der Waals surface area contributed by atoms with E-state index in [4.69, 9.17) is 5.73 Å². The van der Waals surface area contributed by atoms with Crippen LogP contribution in [0.4, 0.5) is 28.9 Å². The maximum atomic E-state index is 13.0. The molecule has 0 saturated carbocycles. The number of benzene rings is 1. The molecule has 5 nitrogen and oxygen atoms in total. The van der Waals surface area contributed by atoms with Crippen molar-refractivity contribution < 1.29 is 26.0 Å². The van der Waals surface area contributed by atoms with E-state index < -0.39 is 28.7 Å². The van der Waals surface area contributed by atoms with E-state index in [1.165, 1.54) is 4.72 Å². The number of alkyl halides is 3. The van der Waals surface area contributed by atoms with Crippen LogP contribution in [0.25, 0.3) is 0 Å². The first kappa shape index (κ1) is 14.5. The number of halogens is 4. The van der Waals surface area contributed by atoms with Crippen LogP contribution in [0.5, 0.6) is 0 Å². The van der Waals surface area contributed by atoms with Crippen molar-refractivity contribution in [2.75, 3.05) is 17.0 Å². The second-order valence-corrected chi connectivity index (χ2v) is 4.78. The lowest BCUT2D eigenvalue weighted by Gasteiger charge is -2.11. The number of nitrogens with two attached hydrogens (primary N) is 1. The van der Waals surface area contributed by atoms with Gasteiger partial charge >= 0.3 is 6.18 Å². The van der Waals surface area contributed by atoms with E-state index in [0.29, 0.717) is 0 Å². The van der Waals surface area contributed by atoms with Crippen molar-refractivity contribution >= 4 is 21.6 Å². The Balaban J connectivity index is 2.74. The summed E-state index contributed by atoms with van der Waals surface area (Å²) in [5, 5.41) is 0. The zero-order valence-electron chi connectivity index (χ0n) is 8.75. The topological polar surface area (TPSA) is 84.2 Å². The highest BCUT2D eigenvalue weighted by atomic mass is 32.2. The van der Waals surface area contributed by atoms with E-state index in [1.54, 1.807) is 4.72 Å². The van der Waals surface area contributed by atoms with Gasteiger partial charge in [-0.3, -0.25) is 4.72 Å². The number of hydrogen-bond donors (Lipinski definition) is 3. The minimum Gasteiger partial charge on any atom is -0.396 e. The number of nitrogen functional groups attached to an aromatic ring is 1. The summed E-state index contributed by atoms with van der Waals surface area (Å²) in [6, 6.07) is 2.95. The normalized spacial score (nSPS) is 12.4. The van der Waals surface area contributed by atoms with Crippen molar-refractivity contribution in [3.05, 3.63) is 24.0 Å². The third kappa shape index (κ3) is 4.75. The summed E-state index contributed by atoms with van der Waals surface area (Å²) in [6.07, 6.45) is -4.68. The van der Waals surface area contributed by atoms with Crippen molar-refractivity contribution in [3.8, 4) is 0 Å². The van der Waals surface area contributed by atoms with E-state index in [9.17, 15) is 26.0 Å². The molecule has 1 aromatic carbocycles. The van der Waals surface area contributed by atoms with Crippen molar-refractivity contribution in [1.29, 1.82) is 0 Å². The summed E-state index contributed by atoms with van der Waals surface area (Å²) in [5.74, 6) is -0.883. The van der Waals surface area contributed by atoms with Gasteiger partial charge in [0, 0.05) is 6.07 Å². The Bertz CT molecular complexity index is 530. The van der Waals surface area contributed by atoms with Crippen molar-refractivity contribution in [3.63, 3.8) is 0 Å². The van der Waals surface area contributed by atoms with Gasteiger partial charge in [-0.05, 0) is 12.1 Å². The molecule has 0 spiro atoms. The van der Waals surface area contributed by atoms with Gasteiger partial charge in [-0.2, -0.15) is 26.3 Å². The molecule has 0 aliphatic heterocycles. The van der Waals surface area contributed by atoms with Crippen LogP contribution in [0.15, 0.2) is 18.2 Å². The zero-order valence-corrected chi connectivity index (χ0v) is 9.57. The van der Waals surface area contributed by atoms with Crippen LogP contribution in [0.1, 0.15) is 0 Å². The fraction of sp³-hybridized carbons (Fsp3) is 0.250. The predicted octanol–water partition coefficient (Wildman–Crippen LogP) is 1.22. The number of anilines is 2. The van der Waals surface area contributed by atoms with E-state index in [-0.39, 0.29) is 11.4 Å². The molecule has 0 aromatic heterocycles. The number of nitrogens with one attached hydrogen (secondary N) is 2. The second-order valence-electron chi connectivity index (χ2n) is 3.28. The first-order valence-corrected chi connectivity index (χ1v) is 5.96. The quantitative estimate of drug-likeness (QED) is 0.575. The Morgan fingerprint density at radius 2 is 1.89 bits per heavy atom. The van der Waals surface area contributed by atoms with E-state index >= 15 is 0 Å². The summed E-state index contributed by atoms with van der Waals surface area (Å²) in [6.45, 7) is -1.72. The molecule has 18 heavy (non-hydrogen) atoms. The molecule has 0 fully saturated rings. The average Bonchev–Trinajstić information content (AvgIpc) is 2.20. The molecule has 0 aliphatic carbocycles. The molecular weight excluding hydrogens is 278 g/mol. The van der Waals surface area contributed by atoms with Gasteiger partial charge in [-0.25, -0.2) is 4.39 Å². The summed E-state index contributed by atoms with van der Waals surface area (Å²) in [7, 11) is -4.42. The first-order chi connectivity index (χ1) is 8.09. The van der Waals surface area contributed by atoms with Crippen LogP contribution in [0, 0.1) is 5.82 Å². The molecule has 0 unspecified atom stereocenters. The van der Waals surface area contributed by atoms with Crippen molar-refractivity contribution in [1.82, 2.24) is 4.72 Å². The van der Waals surface area contributed by atoms with Crippen LogP contribution in [-0.4, -0.2) is 21.1 Å². The second kappa shape index (κ2) is 4.98. The fourth-order valence-electron chi connectivity index (χ4n) is 0.959. The summed E-state index contributed by atoms with van der Waals surface area (Å²) in [4.78, 5) is 0. The molecule has 102 valence electrons. The lowest BCUT2D eigenvalue weighted by Crippen LogP contribution is -2.37. The van der Waals surface area contributed by atoms with Gasteiger partial charge in [0.15, 0.2) is 0 Å². The van der Waals surface area contributed by atoms with E-state index in [0.717, 1.165) is 18.2 Å². The Morgan fingerprint density at radius 1 is 1.28 bits per heavy atom. The van der Waals surface area contributed by atoms with Crippen molar-refractivity contribution in [2.45, 2.75) is 6.18 Å². The number of hydrogen-bond acceptors (Lipinski definition) is 3. The molecule has 0 aliphatic rings. The lowest BCUT2D eigenvalue weighted by molar-refractivity contribution is -0.121. The van der Waals surface area contributed by atoms with Gasteiger partial charge in [0.05, 0.1) is 11.4 Å². The third-order valence-electron chi connectivity index (χ3n) is 1.72. The van der Waals surface area contributed by atoms with Crippen LogP contribution in [0.2, 0.25) is 0 Å². The highest BCUT2D eigenvalue weighted by molar-refractivity contribution is 7.90. The molecule has 0 saturated heterocycles. The summed E-state index contributed by atoms with van der Waals surface area (Å²) >= 11 is 0. The molecule has 0 bridgehead atoms. The fourth-order valence-corrected chi connectivity index (χ4v) is 1.82. The molecule has 4 N–H and O–H groups in total. The molecule has 0 radical (unpaired) electrons. The summed E-state index contributed by atoms with van der Waals surface area (Å²) in [5.41, 5.74) is 4.70. The maximum Gasteiger partial charge on any atom is 0.402 e. The minimum atomic E-state index is -4.68. The standard InChI is InChI=1S/C8H9F4N3O2S/c9-6-3-5(1-2-7(6)13)15-18(16,17)14-4-8(10,11)12/h1-3,14-15H,4,13H2. The van der Waals surface area contributed by atoms with Gasteiger partial charge in [-0.1, -0.05) is 0 Å². The molecule has 0 atom stereocenters. The molecule has 1 aromatic rings. The van der Waals surface area contributed by atoms with Gasteiger partial charge in [0.2, 0.25) is 0 Å². The van der Waals surface area contributed by atoms with Crippen LogP contribution >= 0.6 is 0 Å². The zero-order chi connectivity index (χ0) is 14.0. The highest BCUT2D eigenvalue weighted by Gasteiger charge is 2.29. The van der Waals surface area contributed by atoms with Crippen LogP contribution in [0.3, 0.4) is 0 Å². The van der Waals surface area contributed by atoms with Crippen LogP contribution in [-0.2, 0) is 10.2 Å². The molecular formula is C8H9F4N3O2S. The van der Waals surface area contributed by atoms with Crippen molar-refractivity contribution in [2.24, 2.45) is 0 Å². The largest absolute Gasteiger partial charge is 0.402 e. The molecule has 0 heterocycles. The summed E-state index contributed by atoms with van der Waals surface area (Å²) < 4.78 is 73.7. The van der Waals surface area contributed by atoms with Gasteiger partial charge in [-0.15, -0.1) is 0 Å². The lowest BCUT2D eigenvalue weighted by atomic mass is 10.3. The monoisotopic (exact) mass is 287 g/mol. The Labute approximate surface area is 100 Å². The molecule has 0 amide bonds. The Hall–Kier alpha value is -1.55. The van der Waals surface area contributed by atoms with E-state index in [1.807, 2.05) is 0 Å². The smallest absolute Gasteiger partial charge is 0.396 e. The molecule has 10 heteroatoms. The number of rotatable bonds is 4. The van der Waals surface area contributed by atoms with Gasteiger partial charge in [0.1, 0.15) is 12.4 Å². The third-order valence-corrected chi connectivity index (χ3v) is 2.74. The minimum absolute atomic E-state index is 0.207. The Morgan fingerprint density at radius 3 is 2.39 bits per heavy atom. The SMILES string of the molecule is Nc1ccc(NS(=O)(=O)NCC(F)(F)F)cc1F. The average molecular weight is 287 g/mol. The first-order valence-electron chi connectivity index (χ1n) is 4.48. The highest BCUT2D eigenvalue weighted by Crippen LogP contribution is 2.17. The van der Waals surface area contributed by atoms with Crippen LogP contribution < -0.4 is 15.2 Å². The van der Waals surface area contributed by atoms with Gasteiger partial charge < -0.3 is 5.73 Å². The van der Waals surface area contributed by atoms with Gasteiger partial charge in [0.25, 0.3) is 10.2 Å². The maximum absolute atomic E-state index is 13.0.